The molecule has 0 radical (unpaired) electrons. The summed E-state index contributed by atoms with van der Waals surface area (Å²) < 4.78 is 45.1. The summed E-state index contributed by atoms with van der Waals surface area (Å²) in [5.74, 6) is 0.415. The van der Waals surface area contributed by atoms with E-state index >= 15 is 0 Å². The number of aromatic nitrogens is 3. The van der Waals surface area contributed by atoms with E-state index in [4.69, 9.17) is 4.74 Å². The fourth-order valence-electron chi connectivity index (χ4n) is 3.42. The maximum absolute atomic E-state index is 12.6. The van der Waals surface area contributed by atoms with E-state index in [-0.39, 0.29) is 13.2 Å². The van der Waals surface area contributed by atoms with E-state index in [1.165, 1.54) is 17.1 Å². The molecule has 0 spiro atoms. The third-order valence-electron chi connectivity index (χ3n) is 4.88. The van der Waals surface area contributed by atoms with Crippen molar-refractivity contribution in [3.05, 3.63) is 47.1 Å². The van der Waals surface area contributed by atoms with Gasteiger partial charge in [-0.15, -0.1) is 0 Å². The van der Waals surface area contributed by atoms with Crippen LogP contribution in [0.15, 0.2) is 30.2 Å². The lowest BCUT2D eigenvalue weighted by molar-refractivity contribution is -0.137. The monoisotopic (exact) mass is 393 g/mol. The first-order valence-electron chi connectivity index (χ1n) is 9.21. The second kappa shape index (κ2) is 8.58. The van der Waals surface area contributed by atoms with E-state index in [1.807, 2.05) is 0 Å². The summed E-state index contributed by atoms with van der Waals surface area (Å²) in [6.45, 7) is 1.85. The van der Waals surface area contributed by atoms with Gasteiger partial charge in [-0.3, -0.25) is 14.5 Å². The number of aldehydes is 1. The maximum Gasteiger partial charge on any atom is 0.390 e. The largest absolute Gasteiger partial charge is 0.487 e. The molecule has 0 saturated carbocycles. The van der Waals surface area contributed by atoms with Crippen molar-refractivity contribution in [2.24, 2.45) is 0 Å². The van der Waals surface area contributed by atoms with Gasteiger partial charge in [0.1, 0.15) is 12.4 Å². The van der Waals surface area contributed by atoms with E-state index < -0.39 is 12.6 Å². The molecule has 0 unspecified atom stereocenters. The molecule has 150 valence electrons. The van der Waals surface area contributed by atoms with Crippen LogP contribution in [0.5, 0.6) is 5.75 Å². The molecular formula is C20H22F3N3O2. The van der Waals surface area contributed by atoms with Gasteiger partial charge in [0.15, 0.2) is 6.29 Å². The first kappa shape index (κ1) is 20.1. The summed E-state index contributed by atoms with van der Waals surface area (Å²) in [6.07, 6.45) is 3.76. The van der Waals surface area contributed by atoms with Gasteiger partial charge in [0.05, 0.1) is 30.4 Å². The summed E-state index contributed by atoms with van der Waals surface area (Å²) >= 11 is 0. The number of allylic oxidation sites excluding steroid dienone is 1. The number of nitrogens with zero attached hydrogens (tertiary/aromatic N) is 3. The van der Waals surface area contributed by atoms with E-state index in [0.717, 1.165) is 48.7 Å². The Morgan fingerprint density at radius 2 is 2.04 bits per heavy atom. The van der Waals surface area contributed by atoms with Crippen LogP contribution >= 0.6 is 0 Å². The van der Waals surface area contributed by atoms with Crippen LogP contribution in [0, 0.1) is 6.92 Å². The Morgan fingerprint density at radius 3 is 2.79 bits per heavy atom. The van der Waals surface area contributed by atoms with Gasteiger partial charge < -0.3 is 4.74 Å². The Hall–Kier alpha value is -2.64. The number of alkyl halides is 3. The van der Waals surface area contributed by atoms with Crippen LogP contribution in [-0.2, 0) is 6.54 Å². The molecule has 0 N–H and O–H groups in total. The van der Waals surface area contributed by atoms with Crippen LogP contribution in [-0.4, -0.2) is 33.8 Å². The molecule has 28 heavy (non-hydrogen) atoms. The number of halogens is 3. The fourth-order valence-corrected chi connectivity index (χ4v) is 3.42. The predicted octanol–water partition coefficient (Wildman–Crippen LogP) is 4.76. The van der Waals surface area contributed by atoms with Crippen molar-refractivity contribution >= 4 is 11.9 Å². The molecule has 1 aliphatic rings. The molecule has 3 rings (SSSR count). The Labute approximate surface area is 161 Å². The molecule has 1 aliphatic carbocycles. The van der Waals surface area contributed by atoms with Crippen molar-refractivity contribution in [1.29, 1.82) is 0 Å². The smallest absolute Gasteiger partial charge is 0.390 e. The number of rotatable bonds is 7. The highest BCUT2D eigenvalue weighted by molar-refractivity contribution is 5.81. The van der Waals surface area contributed by atoms with Crippen LogP contribution in [0.1, 0.15) is 53.7 Å². The SMILES string of the molecule is Cc1cncc(OCC2=C(c3ccnn3CCC(F)(F)F)CCCC2)c1C=O. The lowest BCUT2D eigenvalue weighted by atomic mass is 9.90. The molecule has 0 bridgehead atoms. The third kappa shape index (κ3) is 4.79. The number of carbonyl (C=O) groups excluding carboxylic acids is 1. The van der Waals surface area contributed by atoms with E-state index in [1.54, 1.807) is 19.2 Å². The molecule has 0 fully saturated rings. The molecule has 0 atom stereocenters. The summed E-state index contributed by atoms with van der Waals surface area (Å²) in [4.78, 5) is 15.4. The number of ether oxygens (including phenoxy) is 1. The Bertz CT molecular complexity index is 872. The van der Waals surface area contributed by atoms with Crippen molar-refractivity contribution in [2.75, 3.05) is 6.61 Å². The van der Waals surface area contributed by atoms with Gasteiger partial charge in [0.25, 0.3) is 0 Å². The number of pyridine rings is 1. The number of hydrogen-bond donors (Lipinski definition) is 0. The second-order valence-corrected chi connectivity index (χ2v) is 6.87. The molecule has 0 aromatic carbocycles. The highest BCUT2D eigenvalue weighted by atomic mass is 19.4. The van der Waals surface area contributed by atoms with Gasteiger partial charge in [-0.1, -0.05) is 0 Å². The highest BCUT2D eigenvalue weighted by Gasteiger charge is 2.28. The van der Waals surface area contributed by atoms with E-state index in [2.05, 4.69) is 10.1 Å². The van der Waals surface area contributed by atoms with Gasteiger partial charge >= 0.3 is 6.18 Å². The zero-order valence-corrected chi connectivity index (χ0v) is 15.6. The first-order valence-corrected chi connectivity index (χ1v) is 9.21. The molecule has 5 nitrogen and oxygen atoms in total. The van der Waals surface area contributed by atoms with Gasteiger partial charge in [-0.05, 0) is 55.4 Å². The zero-order chi connectivity index (χ0) is 20.1. The number of aryl methyl sites for hydroxylation is 2. The molecule has 0 aliphatic heterocycles. The Kier molecular flexibility index (Phi) is 6.16. The highest BCUT2D eigenvalue weighted by Crippen LogP contribution is 2.33. The normalized spacial score (nSPS) is 15.0. The number of carbonyl (C=O) groups is 1. The predicted molar refractivity (Wildman–Crippen MR) is 98.1 cm³/mol. The third-order valence-corrected chi connectivity index (χ3v) is 4.88. The summed E-state index contributed by atoms with van der Waals surface area (Å²) in [7, 11) is 0. The van der Waals surface area contributed by atoms with Crippen LogP contribution in [0.2, 0.25) is 0 Å². The zero-order valence-electron chi connectivity index (χ0n) is 15.6. The van der Waals surface area contributed by atoms with Crippen molar-refractivity contribution in [3.8, 4) is 5.75 Å². The molecule has 0 saturated heterocycles. The Morgan fingerprint density at radius 1 is 1.25 bits per heavy atom. The maximum atomic E-state index is 12.6. The minimum Gasteiger partial charge on any atom is -0.487 e. The van der Waals surface area contributed by atoms with Gasteiger partial charge in [-0.25, -0.2) is 0 Å². The molecule has 2 aromatic heterocycles. The minimum absolute atomic E-state index is 0.208. The van der Waals surface area contributed by atoms with Gasteiger partial charge in [-0.2, -0.15) is 18.3 Å². The van der Waals surface area contributed by atoms with Gasteiger partial charge in [0, 0.05) is 12.4 Å². The lowest BCUT2D eigenvalue weighted by Gasteiger charge is -2.22. The van der Waals surface area contributed by atoms with Crippen LogP contribution in [0.25, 0.3) is 5.57 Å². The Balaban J connectivity index is 1.83. The molecular weight excluding hydrogens is 371 g/mol. The van der Waals surface area contributed by atoms with Crippen molar-refractivity contribution in [1.82, 2.24) is 14.8 Å². The van der Waals surface area contributed by atoms with Crippen molar-refractivity contribution in [2.45, 2.75) is 51.7 Å². The van der Waals surface area contributed by atoms with Crippen LogP contribution < -0.4 is 4.74 Å². The van der Waals surface area contributed by atoms with Crippen molar-refractivity contribution in [3.63, 3.8) is 0 Å². The molecule has 0 amide bonds. The van der Waals surface area contributed by atoms with Crippen molar-refractivity contribution < 1.29 is 22.7 Å². The standard InChI is InChI=1S/C20H22F3N3O2/c1-14-10-24-11-19(17(14)12-27)28-13-15-4-2-3-5-16(15)18-6-8-25-26(18)9-7-20(21,22)23/h6,8,10-12H,2-5,7,9,13H2,1H3. The summed E-state index contributed by atoms with van der Waals surface area (Å²) in [6, 6.07) is 1.75. The summed E-state index contributed by atoms with van der Waals surface area (Å²) in [5, 5.41) is 4.07. The van der Waals surface area contributed by atoms with E-state index in [9.17, 15) is 18.0 Å². The molecule has 2 heterocycles. The average Bonchev–Trinajstić information content (AvgIpc) is 3.13. The topological polar surface area (TPSA) is 57.0 Å². The molecule has 8 heteroatoms. The van der Waals surface area contributed by atoms with Gasteiger partial charge in [0.2, 0.25) is 0 Å². The number of hydrogen-bond acceptors (Lipinski definition) is 4. The summed E-state index contributed by atoms with van der Waals surface area (Å²) in [5.41, 5.74) is 3.91. The second-order valence-electron chi connectivity index (χ2n) is 6.87. The quantitative estimate of drug-likeness (QED) is 0.637. The minimum atomic E-state index is -4.22. The first-order chi connectivity index (χ1) is 13.4. The lowest BCUT2D eigenvalue weighted by Crippen LogP contribution is -2.16. The van der Waals surface area contributed by atoms with Crippen LogP contribution in [0.3, 0.4) is 0 Å². The van der Waals surface area contributed by atoms with E-state index in [0.29, 0.717) is 17.0 Å². The molecule has 2 aromatic rings. The fraction of sp³-hybridized carbons (Fsp3) is 0.450. The average molecular weight is 393 g/mol. The van der Waals surface area contributed by atoms with Crippen LogP contribution in [0.4, 0.5) is 13.2 Å².